The number of hydrogen-bond donors (Lipinski definition) is 2. The Balaban J connectivity index is 1.56. The van der Waals surface area contributed by atoms with Crippen LogP contribution in [0.25, 0.3) is 11.1 Å². The van der Waals surface area contributed by atoms with Gasteiger partial charge in [-0.3, -0.25) is 19.7 Å². The van der Waals surface area contributed by atoms with Gasteiger partial charge in [0.2, 0.25) is 0 Å². The summed E-state index contributed by atoms with van der Waals surface area (Å²) in [5.41, 5.74) is 9.26. The van der Waals surface area contributed by atoms with Gasteiger partial charge >= 0.3 is 6.03 Å². The summed E-state index contributed by atoms with van der Waals surface area (Å²) < 4.78 is 0. The van der Waals surface area contributed by atoms with E-state index in [-0.39, 0.29) is 11.9 Å². The van der Waals surface area contributed by atoms with Gasteiger partial charge in [0, 0.05) is 42.5 Å². The van der Waals surface area contributed by atoms with Gasteiger partial charge in [-0.2, -0.15) is 0 Å². The van der Waals surface area contributed by atoms with E-state index in [1.165, 1.54) is 11.1 Å². The first-order chi connectivity index (χ1) is 14.5. The minimum Gasteiger partial charge on any atom is -0.351 e. The molecule has 0 radical (unpaired) electrons. The molecule has 0 spiro atoms. The standard InChI is InChI=1S/C22H22N6O2/c1-14(19-6-2-3-7-25-19)27-21(29)18-10-16(11-24-12-18)17-9-15-5-4-8-28(22(23)30)20(15)26-13-17/h2-3,6-7,9-14H,4-5,8H2,1H3,(H2,23,30)(H,27,29)/t14-/m0/s1. The first kappa shape index (κ1) is 19.5. The maximum absolute atomic E-state index is 12.7. The van der Waals surface area contributed by atoms with Crippen molar-refractivity contribution < 1.29 is 9.59 Å². The number of aromatic nitrogens is 3. The lowest BCUT2D eigenvalue weighted by molar-refractivity contribution is 0.0938. The van der Waals surface area contributed by atoms with E-state index in [0.717, 1.165) is 35.2 Å². The monoisotopic (exact) mass is 402 g/mol. The molecule has 8 heteroatoms. The van der Waals surface area contributed by atoms with Crippen molar-refractivity contribution in [1.29, 1.82) is 0 Å². The summed E-state index contributed by atoms with van der Waals surface area (Å²) >= 11 is 0. The van der Waals surface area contributed by atoms with Crippen LogP contribution in [0.15, 0.2) is 55.1 Å². The smallest absolute Gasteiger partial charge is 0.320 e. The fourth-order valence-electron chi connectivity index (χ4n) is 3.54. The number of carbonyl (C=O) groups is 2. The van der Waals surface area contributed by atoms with Gasteiger partial charge in [-0.15, -0.1) is 0 Å². The predicted octanol–water partition coefficient (Wildman–Crippen LogP) is 2.86. The second-order valence-corrected chi connectivity index (χ2v) is 7.21. The molecule has 1 atom stereocenters. The summed E-state index contributed by atoms with van der Waals surface area (Å²) in [6, 6.07) is 8.62. The largest absolute Gasteiger partial charge is 0.351 e. The number of pyridine rings is 3. The van der Waals surface area contributed by atoms with Gasteiger partial charge in [-0.25, -0.2) is 9.78 Å². The predicted molar refractivity (Wildman–Crippen MR) is 113 cm³/mol. The van der Waals surface area contributed by atoms with Gasteiger partial charge in [0.05, 0.1) is 17.3 Å². The Morgan fingerprint density at radius 1 is 1.13 bits per heavy atom. The Kier molecular flexibility index (Phi) is 5.38. The summed E-state index contributed by atoms with van der Waals surface area (Å²) in [7, 11) is 0. The Hall–Kier alpha value is -3.81. The van der Waals surface area contributed by atoms with Crippen LogP contribution in [0.1, 0.15) is 41.0 Å². The van der Waals surface area contributed by atoms with Crippen molar-refractivity contribution in [1.82, 2.24) is 20.3 Å². The average molecular weight is 402 g/mol. The molecule has 3 aromatic heterocycles. The number of aryl methyl sites for hydroxylation is 1. The van der Waals surface area contributed by atoms with Crippen molar-refractivity contribution in [3.63, 3.8) is 0 Å². The molecule has 0 aromatic carbocycles. The third kappa shape index (κ3) is 3.98. The third-order valence-corrected chi connectivity index (χ3v) is 5.11. The lowest BCUT2D eigenvalue weighted by Gasteiger charge is -2.26. The fourth-order valence-corrected chi connectivity index (χ4v) is 3.54. The lowest BCUT2D eigenvalue weighted by atomic mass is 10.0. The van der Waals surface area contributed by atoms with Crippen LogP contribution < -0.4 is 16.0 Å². The maximum Gasteiger partial charge on any atom is 0.320 e. The molecular formula is C22H22N6O2. The molecule has 8 nitrogen and oxygen atoms in total. The highest BCUT2D eigenvalue weighted by molar-refractivity contribution is 5.95. The van der Waals surface area contributed by atoms with Crippen molar-refractivity contribution in [3.8, 4) is 11.1 Å². The Labute approximate surface area is 174 Å². The fraction of sp³-hybridized carbons (Fsp3) is 0.227. The van der Waals surface area contributed by atoms with E-state index in [9.17, 15) is 9.59 Å². The summed E-state index contributed by atoms with van der Waals surface area (Å²) in [6.45, 7) is 2.45. The molecule has 1 aliphatic rings. The molecule has 0 aliphatic carbocycles. The van der Waals surface area contributed by atoms with Crippen molar-refractivity contribution >= 4 is 17.8 Å². The van der Waals surface area contributed by atoms with E-state index in [4.69, 9.17) is 5.73 Å². The van der Waals surface area contributed by atoms with Gasteiger partial charge in [-0.05, 0) is 49.6 Å². The molecule has 152 valence electrons. The second kappa shape index (κ2) is 8.28. The number of urea groups is 1. The van der Waals surface area contributed by atoms with Crippen LogP contribution in [0.5, 0.6) is 0 Å². The lowest BCUT2D eigenvalue weighted by Crippen LogP contribution is -2.40. The molecule has 0 fully saturated rings. The molecule has 0 unspecified atom stereocenters. The van der Waals surface area contributed by atoms with Crippen LogP contribution in [0.2, 0.25) is 0 Å². The Morgan fingerprint density at radius 2 is 1.97 bits per heavy atom. The second-order valence-electron chi connectivity index (χ2n) is 7.21. The highest BCUT2D eigenvalue weighted by atomic mass is 16.2. The van der Waals surface area contributed by atoms with Crippen LogP contribution >= 0.6 is 0 Å². The average Bonchev–Trinajstić information content (AvgIpc) is 2.78. The molecule has 30 heavy (non-hydrogen) atoms. The van der Waals surface area contributed by atoms with Crippen molar-refractivity contribution in [2.45, 2.75) is 25.8 Å². The Morgan fingerprint density at radius 3 is 2.73 bits per heavy atom. The number of primary amides is 1. The molecule has 0 saturated carbocycles. The zero-order valence-electron chi connectivity index (χ0n) is 16.6. The van der Waals surface area contributed by atoms with E-state index in [1.54, 1.807) is 24.7 Å². The number of hydrogen-bond acceptors (Lipinski definition) is 5. The molecule has 0 bridgehead atoms. The number of nitrogens with two attached hydrogens (primary N) is 1. The molecule has 3 amide bonds. The molecular weight excluding hydrogens is 380 g/mol. The SMILES string of the molecule is C[C@H](NC(=O)c1cncc(-c2cnc3c(c2)CCCN3C(N)=O)c1)c1ccccn1. The number of fused-ring (bicyclic) bond motifs is 1. The van der Waals surface area contributed by atoms with Gasteiger partial charge in [0.1, 0.15) is 5.82 Å². The molecule has 0 saturated heterocycles. The minimum atomic E-state index is -0.501. The zero-order valence-corrected chi connectivity index (χ0v) is 16.6. The number of nitrogens with one attached hydrogen (secondary N) is 1. The first-order valence-electron chi connectivity index (χ1n) is 9.76. The van der Waals surface area contributed by atoms with Crippen LogP contribution in [0, 0.1) is 0 Å². The quantitative estimate of drug-likeness (QED) is 0.696. The highest BCUT2D eigenvalue weighted by Gasteiger charge is 2.22. The van der Waals surface area contributed by atoms with Crippen LogP contribution in [-0.2, 0) is 6.42 Å². The van der Waals surface area contributed by atoms with Crippen molar-refractivity contribution in [2.75, 3.05) is 11.4 Å². The maximum atomic E-state index is 12.7. The van der Waals surface area contributed by atoms with Gasteiger partial charge in [0.15, 0.2) is 0 Å². The van der Waals surface area contributed by atoms with Gasteiger partial charge in [0.25, 0.3) is 5.91 Å². The zero-order chi connectivity index (χ0) is 21.1. The van der Waals surface area contributed by atoms with Crippen molar-refractivity contribution in [3.05, 3.63) is 71.9 Å². The first-order valence-corrected chi connectivity index (χ1v) is 9.76. The Bertz CT molecular complexity index is 1090. The number of carbonyl (C=O) groups excluding carboxylic acids is 2. The molecule has 4 heterocycles. The van der Waals surface area contributed by atoms with Crippen LogP contribution in [0.4, 0.5) is 10.6 Å². The van der Waals surface area contributed by atoms with Gasteiger partial charge in [-0.1, -0.05) is 6.07 Å². The third-order valence-electron chi connectivity index (χ3n) is 5.11. The van der Waals surface area contributed by atoms with E-state index < -0.39 is 6.03 Å². The summed E-state index contributed by atoms with van der Waals surface area (Å²) in [5, 5.41) is 2.94. The molecule has 3 aromatic rings. The molecule has 1 aliphatic heterocycles. The van der Waals surface area contributed by atoms with Crippen LogP contribution in [-0.4, -0.2) is 33.4 Å². The number of rotatable bonds is 4. The molecule has 4 rings (SSSR count). The number of anilines is 1. The number of nitrogens with zero attached hydrogens (tertiary/aromatic N) is 4. The van der Waals surface area contributed by atoms with E-state index >= 15 is 0 Å². The normalized spacial score (nSPS) is 14.0. The minimum absolute atomic E-state index is 0.228. The van der Waals surface area contributed by atoms with Crippen molar-refractivity contribution in [2.24, 2.45) is 5.73 Å². The van der Waals surface area contributed by atoms with E-state index in [0.29, 0.717) is 17.9 Å². The van der Waals surface area contributed by atoms with Crippen LogP contribution in [0.3, 0.4) is 0 Å². The van der Waals surface area contributed by atoms with E-state index in [2.05, 4.69) is 20.3 Å². The van der Waals surface area contributed by atoms with Gasteiger partial charge < -0.3 is 11.1 Å². The highest BCUT2D eigenvalue weighted by Crippen LogP contribution is 2.29. The summed E-state index contributed by atoms with van der Waals surface area (Å²) in [6.07, 6.45) is 8.24. The summed E-state index contributed by atoms with van der Waals surface area (Å²) in [5.74, 6) is 0.372. The topological polar surface area (TPSA) is 114 Å². The molecule has 3 N–H and O–H groups in total. The summed E-state index contributed by atoms with van der Waals surface area (Å²) in [4.78, 5) is 38.8. The number of amides is 3. The van der Waals surface area contributed by atoms with E-state index in [1.807, 2.05) is 31.2 Å².